The zero-order chi connectivity index (χ0) is 9.57. The van der Waals surface area contributed by atoms with Gasteiger partial charge >= 0.3 is 0 Å². The molecule has 0 atom stereocenters. The lowest BCUT2D eigenvalue weighted by molar-refractivity contribution is -0.0641. The molecule has 3 heteroatoms. The van der Waals surface area contributed by atoms with Crippen LogP contribution in [0.2, 0.25) is 0 Å². The van der Waals surface area contributed by atoms with Crippen molar-refractivity contribution < 1.29 is 5.11 Å². The SMILES string of the molecule is CN1C(C)(C)CC(O)CC1(C)C.I. The van der Waals surface area contributed by atoms with Crippen LogP contribution >= 0.6 is 24.0 Å². The molecule has 1 saturated heterocycles. The number of likely N-dealkylation sites (tertiary alicyclic amines) is 1. The van der Waals surface area contributed by atoms with Crippen LogP contribution in [0.1, 0.15) is 40.5 Å². The average molecular weight is 299 g/mol. The van der Waals surface area contributed by atoms with Crippen molar-refractivity contribution >= 4 is 24.0 Å². The highest BCUT2D eigenvalue weighted by atomic mass is 127. The molecule has 0 radical (unpaired) electrons. The van der Waals surface area contributed by atoms with Gasteiger partial charge in [-0.05, 0) is 47.6 Å². The van der Waals surface area contributed by atoms with Crippen molar-refractivity contribution in [1.82, 2.24) is 4.90 Å². The first-order valence-corrected chi connectivity index (χ1v) is 4.68. The van der Waals surface area contributed by atoms with E-state index in [0.717, 1.165) is 12.8 Å². The predicted octanol–water partition coefficient (Wildman–Crippen LogP) is 2.25. The van der Waals surface area contributed by atoms with Crippen molar-refractivity contribution in [3.05, 3.63) is 0 Å². The Morgan fingerprint density at radius 1 is 1.08 bits per heavy atom. The number of aliphatic hydroxyl groups is 1. The highest BCUT2D eigenvalue weighted by molar-refractivity contribution is 14.0. The van der Waals surface area contributed by atoms with Crippen molar-refractivity contribution in [2.24, 2.45) is 0 Å². The molecule has 1 aliphatic heterocycles. The Morgan fingerprint density at radius 3 is 1.69 bits per heavy atom. The molecular formula is C10H22INO. The largest absolute Gasteiger partial charge is 0.393 e. The molecule has 1 aliphatic rings. The lowest BCUT2D eigenvalue weighted by Gasteiger charge is -2.52. The molecule has 0 amide bonds. The van der Waals surface area contributed by atoms with Gasteiger partial charge in [-0.2, -0.15) is 0 Å². The van der Waals surface area contributed by atoms with Gasteiger partial charge < -0.3 is 5.11 Å². The predicted molar refractivity (Wildman–Crippen MR) is 66.6 cm³/mol. The van der Waals surface area contributed by atoms with Crippen LogP contribution in [0.3, 0.4) is 0 Å². The van der Waals surface area contributed by atoms with E-state index in [-0.39, 0.29) is 41.2 Å². The lowest BCUT2D eigenvalue weighted by atomic mass is 9.79. The van der Waals surface area contributed by atoms with Crippen LogP contribution in [0.15, 0.2) is 0 Å². The van der Waals surface area contributed by atoms with Gasteiger partial charge in [0.05, 0.1) is 6.10 Å². The number of halogens is 1. The summed E-state index contributed by atoms with van der Waals surface area (Å²) in [6, 6.07) is 0. The number of nitrogens with zero attached hydrogens (tertiary/aromatic N) is 1. The van der Waals surface area contributed by atoms with E-state index in [1.54, 1.807) is 0 Å². The first kappa shape index (κ1) is 13.7. The van der Waals surface area contributed by atoms with E-state index >= 15 is 0 Å². The van der Waals surface area contributed by atoms with Crippen LogP contribution in [0.25, 0.3) is 0 Å². The minimum Gasteiger partial charge on any atom is -0.393 e. The van der Waals surface area contributed by atoms with Crippen LogP contribution in [0.5, 0.6) is 0 Å². The molecule has 1 N–H and O–H groups in total. The quantitative estimate of drug-likeness (QED) is 0.694. The van der Waals surface area contributed by atoms with Gasteiger partial charge in [-0.25, -0.2) is 0 Å². The zero-order valence-corrected chi connectivity index (χ0v) is 11.6. The van der Waals surface area contributed by atoms with E-state index in [0.29, 0.717) is 0 Å². The third-order valence-corrected chi connectivity index (χ3v) is 3.29. The van der Waals surface area contributed by atoms with Crippen molar-refractivity contribution in [1.29, 1.82) is 0 Å². The number of piperidine rings is 1. The van der Waals surface area contributed by atoms with Gasteiger partial charge in [-0.1, -0.05) is 0 Å². The first-order valence-electron chi connectivity index (χ1n) is 4.68. The summed E-state index contributed by atoms with van der Waals surface area (Å²) in [5, 5.41) is 9.67. The lowest BCUT2D eigenvalue weighted by Crippen LogP contribution is -2.59. The van der Waals surface area contributed by atoms with Crippen molar-refractivity contribution in [2.45, 2.75) is 57.7 Å². The van der Waals surface area contributed by atoms with Gasteiger partial charge in [0.2, 0.25) is 0 Å². The minimum atomic E-state index is -0.133. The summed E-state index contributed by atoms with van der Waals surface area (Å²) < 4.78 is 0. The van der Waals surface area contributed by atoms with Gasteiger partial charge in [-0.15, -0.1) is 24.0 Å². The molecule has 0 aromatic carbocycles. The number of hydrogen-bond acceptors (Lipinski definition) is 2. The van der Waals surface area contributed by atoms with Gasteiger partial charge in [0.25, 0.3) is 0 Å². The third kappa shape index (κ3) is 2.80. The van der Waals surface area contributed by atoms with E-state index in [9.17, 15) is 5.11 Å². The maximum absolute atomic E-state index is 9.67. The number of rotatable bonds is 0. The van der Waals surface area contributed by atoms with Gasteiger partial charge in [-0.3, -0.25) is 4.90 Å². The zero-order valence-electron chi connectivity index (χ0n) is 9.29. The summed E-state index contributed by atoms with van der Waals surface area (Å²) in [6.07, 6.45) is 1.63. The second-order valence-corrected chi connectivity index (χ2v) is 5.25. The normalized spacial score (nSPS) is 28.2. The Bertz CT molecular complexity index is 162. The fourth-order valence-electron chi connectivity index (χ4n) is 2.32. The molecular weight excluding hydrogens is 277 g/mol. The van der Waals surface area contributed by atoms with Crippen molar-refractivity contribution in [3.63, 3.8) is 0 Å². The van der Waals surface area contributed by atoms with Crippen LogP contribution in [0, 0.1) is 0 Å². The van der Waals surface area contributed by atoms with Gasteiger partial charge in [0, 0.05) is 11.1 Å². The van der Waals surface area contributed by atoms with E-state index < -0.39 is 0 Å². The molecule has 0 aromatic heterocycles. The number of aliphatic hydroxyl groups excluding tert-OH is 1. The molecule has 0 aromatic rings. The molecule has 0 aliphatic carbocycles. The minimum absolute atomic E-state index is 0. The summed E-state index contributed by atoms with van der Waals surface area (Å²) >= 11 is 0. The molecule has 0 spiro atoms. The monoisotopic (exact) mass is 299 g/mol. The van der Waals surface area contributed by atoms with E-state index in [1.165, 1.54) is 0 Å². The fraction of sp³-hybridized carbons (Fsp3) is 1.00. The Kier molecular flexibility index (Phi) is 4.23. The molecule has 1 fully saturated rings. The molecule has 0 bridgehead atoms. The van der Waals surface area contributed by atoms with Gasteiger partial charge in [0.1, 0.15) is 0 Å². The van der Waals surface area contributed by atoms with Gasteiger partial charge in [0.15, 0.2) is 0 Å². The van der Waals surface area contributed by atoms with E-state index in [4.69, 9.17) is 0 Å². The summed E-state index contributed by atoms with van der Waals surface area (Å²) in [5.74, 6) is 0. The topological polar surface area (TPSA) is 23.5 Å². The van der Waals surface area contributed by atoms with E-state index in [1.807, 2.05) is 0 Å². The molecule has 0 unspecified atom stereocenters. The second-order valence-electron chi connectivity index (χ2n) is 5.25. The van der Waals surface area contributed by atoms with Crippen LogP contribution in [-0.4, -0.2) is 34.2 Å². The highest BCUT2D eigenvalue weighted by Crippen LogP contribution is 2.36. The summed E-state index contributed by atoms with van der Waals surface area (Å²) in [6.45, 7) is 8.77. The standard InChI is InChI=1S/C10H21NO.HI/c1-9(2)6-8(12)7-10(3,4)11(9)5;/h8,12H,6-7H2,1-5H3;1H. The first-order chi connectivity index (χ1) is 5.26. The van der Waals surface area contributed by atoms with Crippen LogP contribution in [-0.2, 0) is 0 Å². The molecule has 1 heterocycles. The molecule has 80 valence electrons. The maximum Gasteiger partial charge on any atom is 0.0575 e. The summed E-state index contributed by atoms with van der Waals surface area (Å²) in [4.78, 5) is 2.37. The molecule has 0 saturated carbocycles. The highest BCUT2D eigenvalue weighted by Gasteiger charge is 2.42. The second kappa shape index (κ2) is 4.03. The maximum atomic E-state index is 9.67. The Morgan fingerprint density at radius 2 is 1.38 bits per heavy atom. The molecule has 1 rings (SSSR count). The average Bonchev–Trinajstić information content (AvgIpc) is 1.80. The van der Waals surface area contributed by atoms with Crippen LogP contribution < -0.4 is 0 Å². The molecule has 13 heavy (non-hydrogen) atoms. The van der Waals surface area contributed by atoms with Crippen molar-refractivity contribution in [2.75, 3.05) is 7.05 Å². The molecule has 2 nitrogen and oxygen atoms in total. The van der Waals surface area contributed by atoms with E-state index in [2.05, 4.69) is 39.6 Å². The smallest absolute Gasteiger partial charge is 0.0575 e. The summed E-state index contributed by atoms with van der Waals surface area (Å²) in [7, 11) is 2.14. The fourth-order valence-corrected chi connectivity index (χ4v) is 2.32. The van der Waals surface area contributed by atoms with Crippen molar-refractivity contribution in [3.8, 4) is 0 Å². The summed E-state index contributed by atoms with van der Waals surface area (Å²) in [5.41, 5.74) is 0.252. The Balaban J connectivity index is 0.00000144. The Labute approximate surface area is 98.7 Å². The van der Waals surface area contributed by atoms with Crippen LogP contribution in [0.4, 0.5) is 0 Å². The Hall–Kier alpha value is 0.650. The number of hydrogen-bond donors (Lipinski definition) is 1. The third-order valence-electron chi connectivity index (χ3n) is 3.29.